The van der Waals surface area contributed by atoms with E-state index in [1.807, 2.05) is 0 Å². The summed E-state index contributed by atoms with van der Waals surface area (Å²) < 4.78 is 4.93. The van der Waals surface area contributed by atoms with Gasteiger partial charge in [0.05, 0.1) is 0 Å². The van der Waals surface area contributed by atoms with Gasteiger partial charge in [0, 0.05) is 26.3 Å². The van der Waals surface area contributed by atoms with Crippen molar-refractivity contribution >= 4 is 6.03 Å². The van der Waals surface area contributed by atoms with Gasteiger partial charge in [0.15, 0.2) is 0 Å². The highest BCUT2D eigenvalue weighted by Crippen LogP contribution is 2.17. The largest absolute Gasteiger partial charge is 0.385 e. The monoisotopic (exact) mass is 214 g/mol. The number of amides is 2. The Labute approximate surface area is 91.8 Å². The van der Waals surface area contributed by atoms with Gasteiger partial charge in [-0.3, -0.25) is 0 Å². The molecule has 0 radical (unpaired) electrons. The Balaban J connectivity index is 1.93. The van der Waals surface area contributed by atoms with E-state index in [2.05, 4.69) is 10.6 Å². The first-order chi connectivity index (χ1) is 7.33. The number of urea groups is 1. The zero-order valence-corrected chi connectivity index (χ0v) is 9.55. The van der Waals surface area contributed by atoms with Crippen LogP contribution in [0.3, 0.4) is 0 Å². The van der Waals surface area contributed by atoms with Gasteiger partial charge >= 0.3 is 6.03 Å². The molecule has 0 spiro atoms. The highest BCUT2D eigenvalue weighted by atomic mass is 16.5. The van der Waals surface area contributed by atoms with E-state index in [4.69, 9.17) is 4.74 Å². The molecule has 1 fully saturated rings. The first-order valence-electron chi connectivity index (χ1n) is 5.86. The van der Waals surface area contributed by atoms with E-state index >= 15 is 0 Å². The average molecular weight is 214 g/mol. The lowest BCUT2D eigenvalue weighted by Gasteiger charge is -2.12. The second kappa shape index (κ2) is 7.51. The summed E-state index contributed by atoms with van der Waals surface area (Å²) in [4.78, 5) is 11.4. The lowest BCUT2D eigenvalue weighted by atomic mass is 10.2. The summed E-state index contributed by atoms with van der Waals surface area (Å²) in [5.74, 6) is 0. The van der Waals surface area contributed by atoms with Gasteiger partial charge in [0.2, 0.25) is 0 Å². The van der Waals surface area contributed by atoms with Crippen LogP contribution in [0.25, 0.3) is 0 Å². The Hall–Kier alpha value is -0.770. The molecule has 1 aliphatic carbocycles. The number of unbranched alkanes of at least 4 members (excludes halogenated alkanes) is 1. The predicted molar refractivity (Wildman–Crippen MR) is 59.9 cm³/mol. The van der Waals surface area contributed by atoms with E-state index in [1.54, 1.807) is 7.11 Å². The molecule has 1 saturated carbocycles. The maximum atomic E-state index is 11.4. The fourth-order valence-electron chi connectivity index (χ4n) is 1.88. The molecule has 0 aromatic carbocycles. The molecule has 0 heterocycles. The smallest absolute Gasteiger partial charge is 0.315 e. The molecule has 2 N–H and O–H groups in total. The summed E-state index contributed by atoms with van der Waals surface area (Å²) >= 11 is 0. The minimum Gasteiger partial charge on any atom is -0.385 e. The van der Waals surface area contributed by atoms with Gasteiger partial charge < -0.3 is 15.4 Å². The third-order valence-corrected chi connectivity index (χ3v) is 2.75. The number of nitrogens with one attached hydrogen (secondary N) is 2. The van der Waals surface area contributed by atoms with E-state index in [9.17, 15) is 4.79 Å². The summed E-state index contributed by atoms with van der Waals surface area (Å²) in [7, 11) is 1.69. The Morgan fingerprint density at radius 2 is 2.07 bits per heavy atom. The van der Waals surface area contributed by atoms with E-state index in [1.165, 1.54) is 12.8 Å². The lowest BCUT2D eigenvalue weighted by molar-refractivity contribution is 0.192. The fourth-order valence-corrected chi connectivity index (χ4v) is 1.88. The van der Waals surface area contributed by atoms with Crippen molar-refractivity contribution in [2.75, 3.05) is 20.3 Å². The zero-order valence-electron chi connectivity index (χ0n) is 9.55. The van der Waals surface area contributed by atoms with Crippen molar-refractivity contribution in [2.45, 2.75) is 44.6 Å². The number of carbonyl (C=O) groups excluding carboxylic acids is 1. The minimum absolute atomic E-state index is 0.0145. The molecular formula is C11H22N2O2. The van der Waals surface area contributed by atoms with Gasteiger partial charge in [-0.15, -0.1) is 0 Å². The summed E-state index contributed by atoms with van der Waals surface area (Å²) in [5, 5.41) is 5.85. The Kier molecular flexibility index (Phi) is 6.16. The highest BCUT2D eigenvalue weighted by Gasteiger charge is 2.16. The van der Waals surface area contributed by atoms with Crippen LogP contribution in [-0.4, -0.2) is 32.3 Å². The lowest BCUT2D eigenvalue weighted by Crippen LogP contribution is -2.41. The number of ether oxygens (including phenoxy) is 1. The Morgan fingerprint density at radius 1 is 1.33 bits per heavy atom. The van der Waals surface area contributed by atoms with Crippen LogP contribution in [0.15, 0.2) is 0 Å². The van der Waals surface area contributed by atoms with Crippen LogP contribution in [0.2, 0.25) is 0 Å². The van der Waals surface area contributed by atoms with Crippen molar-refractivity contribution in [2.24, 2.45) is 0 Å². The summed E-state index contributed by atoms with van der Waals surface area (Å²) in [6.45, 7) is 1.51. The van der Waals surface area contributed by atoms with Crippen molar-refractivity contribution in [1.82, 2.24) is 10.6 Å². The van der Waals surface area contributed by atoms with Crippen LogP contribution in [0.1, 0.15) is 38.5 Å². The van der Waals surface area contributed by atoms with Crippen LogP contribution in [0.5, 0.6) is 0 Å². The quantitative estimate of drug-likeness (QED) is 0.661. The maximum Gasteiger partial charge on any atom is 0.315 e. The Bertz CT molecular complexity index is 179. The zero-order chi connectivity index (χ0) is 10.9. The molecule has 0 saturated heterocycles. The normalized spacial score (nSPS) is 16.6. The predicted octanol–water partition coefficient (Wildman–Crippen LogP) is 1.65. The first-order valence-corrected chi connectivity index (χ1v) is 5.86. The van der Waals surface area contributed by atoms with E-state index < -0.39 is 0 Å². The van der Waals surface area contributed by atoms with Crippen molar-refractivity contribution in [1.29, 1.82) is 0 Å². The van der Waals surface area contributed by atoms with Crippen LogP contribution < -0.4 is 10.6 Å². The van der Waals surface area contributed by atoms with Crippen LogP contribution in [0, 0.1) is 0 Å². The molecule has 0 aromatic rings. The number of hydrogen-bond donors (Lipinski definition) is 2. The molecule has 1 rings (SSSR count). The van der Waals surface area contributed by atoms with Crippen LogP contribution >= 0.6 is 0 Å². The van der Waals surface area contributed by atoms with Gasteiger partial charge in [-0.2, -0.15) is 0 Å². The maximum absolute atomic E-state index is 11.4. The molecule has 4 heteroatoms. The Morgan fingerprint density at radius 3 is 2.73 bits per heavy atom. The summed E-state index contributed by atoms with van der Waals surface area (Å²) in [6, 6.07) is 0.392. The molecule has 0 aromatic heterocycles. The van der Waals surface area contributed by atoms with Gasteiger partial charge in [-0.1, -0.05) is 12.8 Å². The number of methoxy groups -OCH3 is 1. The van der Waals surface area contributed by atoms with Crippen LogP contribution in [0.4, 0.5) is 4.79 Å². The number of carbonyl (C=O) groups is 1. The topological polar surface area (TPSA) is 50.4 Å². The molecule has 88 valence electrons. The molecule has 4 nitrogen and oxygen atoms in total. The molecule has 0 unspecified atom stereocenters. The van der Waals surface area contributed by atoms with Crippen molar-refractivity contribution in [3.63, 3.8) is 0 Å². The summed E-state index contributed by atoms with van der Waals surface area (Å²) in [6.07, 6.45) is 6.75. The van der Waals surface area contributed by atoms with Gasteiger partial charge in [-0.25, -0.2) is 4.79 Å². The third kappa shape index (κ3) is 5.62. The average Bonchev–Trinajstić information content (AvgIpc) is 2.70. The standard InChI is InChI=1S/C11H22N2O2/c1-15-9-5-4-8-12-11(14)13-10-6-2-3-7-10/h10H,2-9H2,1H3,(H2,12,13,14). The minimum atomic E-state index is -0.0145. The van der Waals surface area contributed by atoms with Gasteiger partial charge in [-0.05, 0) is 25.7 Å². The van der Waals surface area contributed by atoms with E-state index in [-0.39, 0.29) is 6.03 Å². The van der Waals surface area contributed by atoms with Gasteiger partial charge in [0.25, 0.3) is 0 Å². The first kappa shape index (κ1) is 12.3. The second-order valence-corrected chi connectivity index (χ2v) is 4.08. The van der Waals surface area contributed by atoms with Crippen molar-refractivity contribution < 1.29 is 9.53 Å². The molecule has 0 bridgehead atoms. The molecule has 0 aliphatic heterocycles. The molecule has 0 atom stereocenters. The van der Waals surface area contributed by atoms with Crippen LogP contribution in [-0.2, 0) is 4.74 Å². The SMILES string of the molecule is COCCCCNC(=O)NC1CCCC1. The van der Waals surface area contributed by atoms with E-state index in [0.29, 0.717) is 6.04 Å². The molecule has 2 amide bonds. The molecule has 1 aliphatic rings. The summed E-state index contributed by atoms with van der Waals surface area (Å²) in [5.41, 5.74) is 0. The fraction of sp³-hybridized carbons (Fsp3) is 0.909. The molecular weight excluding hydrogens is 192 g/mol. The van der Waals surface area contributed by atoms with Gasteiger partial charge in [0.1, 0.15) is 0 Å². The number of hydrogen-bond acceptors (Lipinski definition) is 2. The second-order valence-electron chi connectivity index (χ2n) is 4.08. The van der Waals surface area contributed by atoms with Crippen molar-refractivity contribution in [3.05, 3.63) is 0 Å². The highest BCUT2D eigenvalue weighted by molar-refractivity contribution is 5.74. The van der Waals surface area contributed by atoms with Crippen molar-refractivity contribution in [3.8, 4) is 0 Å². The molecule has 15 heavy (non-hydrogen) atoms. The number of rotatable bonds is 6. The van der Waals surface area contributed by atoms with E-state index in [0.717, 1.165) is 38.8 Å². The third-order valence-electron chi connectivity index (χ3n) is 2.75.